The molecule has 2 aromatic rings. The SMILES string of the molecule is CC1COc2c1c(O[C@@H]1C[C@H]3CC[C@@H]1C3)cc1nc(N)nc(N)c21. The van der Waals surface area contributed by atoms with E-state index in [4.69, 9.17) is 20.9 Å². The van der Waals surface area contributed by atoms with Crippen LogP contribution in [0.1, 0.15) is 44.1 Å². The standard InChI is InChI=1S/C18H22N4O2/c1-8-7-23-16-14(8)13(24-12-5-9-2-3-10(12)4-9)6-11-15(16)17(19)22-18(20)21-11/h6,8-10,12H,2-5,7H2,1H3,(H4,19,20,21,22)/t8?,9-,10+,12+/m0/s1. The number of hydrogen-bond donors (Lipinski definition) is 2. The van der Waals surface area contributed by atoms with Crippen LogP contribution in [0.5, 0.6) is 11.5 Å². The largest absolute Gasteiger partial charge is 0.492 e. The lowest BCUT2D eigenvalue weighted by molar-refractivity contribution is 0.137. The zero-order valence-corrected chi connectivity index (χ0v) is 13.8. The maximum Gasteiger partial charge on any atom is 0.222 e. The molecule has 0 saturated heterocycles. The summed E-state index contributed by atoms with van der Waals surface area (Å²) in [7, 11) is 0. The van der Waals surface area contributed by atoms with E-state index in [0.29, 0.717) is 30.0 Å². The van der Waals surface area contributed by atoms with Crippen molar-refractivity contribution in [3.63, 3.8) is 0 Å². The van der Waals surface area contributed by atoms with Gasteiger partial charge in [-0.1, -0.05) is 6.92 Å². The highest BCUT2D eigenvalue weighted by Crippen LogP contribution is 2.50. The first-order valence-corrected chi connectivity index (χ1v) is 8.79. The van der Waals surface area contributed by atoms with Gasteiger partial charge >= 0.3 is 0 Å². The molecule has 2 saturated carbocycles. The van der Waals surface area contributed by atoms with Crippen molar-refractivity contribution in [2.75, 3.05) is 18.1 Å². The van der Waals surface area contributed by atoms with Gasteiger partial charge in [0.05, 0.1) is 17.5 Å². The summed E-state index contributed by atoms with van der Waals surface area (Å²) < 4.78 is 12.4. The second-order valence-corrected chi connectivity index (χ2v) is 7.52. The fourth-order valence-corrected chi connectivity index (χ4v) is 4.80. The molecule has 2 bridgehead atoms. The monoisotopic (exact) mass is 326 g/mol. The molecule has 0 amide bonds. The highest BCUT2D eigenvalue weighted by atomic mass is 16.5. The van der Waals surface area contributed by atoms with Crippen molar-refractivity contribution in [2.45, 2.75) is 44.6 Å². The molecule has 2 aliphatic carbocycles. The Bertz CT molecular complexity index is 838. The van der Waals surface area contributed by atoms with Gasteiger partial charge in [-0.3, -0.25) is 0 Å². The molecule has 1 aromatic carbocycles. The second kappa shape index (κ2) is 4.88. The summed E-state index contributed by atoms with van der Waals surface area (Å²) in [4.78, 5) is 8.44. The van der Waals surface area contributed by atoms with E-state index in [-0.39, 0.29) is 11.9 Å². The third-order valence-corrected chi connectivity index (χ3v) is 5.91. The fourth-order valence-electron chi connectivity index (χ4n) is 4.80. The number of benzene rings is 1. The van der Waals surface area contributed by atoms with Gasteiger partial charge < -0.3 is 20.9 Å². The molecule has 0 radical (unpaired) electrons. The first-order valence-electron chi connectivity index (χ1n) is 8.79. The van der Waals surface area contributed by atoms with E-state index in [0.717, 1.165) is 28.4 Å². The van der Waals surface area contributed by atoms with Crippen molar-refractivity contribution >= 4 is 22.7 Å². The molecule has 3 aliphatic rings. The Labute approximate surface area is 140 Å². The van der Waals surface area contributed by atoms with Crippen LogP contribution in [0, 0.1) is 11.8 Å². The first-order chi connectivity index (χ1) is 11.6. The number of hydrogen-bond acceptors (Lipinski definition) is 6. The molecule has 1 aromatic heterocycles. The van der Waals surface area contributed by atoms with Gasteiger partial charge in [-0.2, -0.15) is 4.98 Å². The quantitative estimate of drug-likeness (QED) is 0.881. The molecular weight excluding hydrogens is 304 g/mol. The smallest absolute Gasteiger partial charge is 0.222 e. The summed E-state index contributed by atoms with van der Waals surface area (Å²) in [6, 6.07) is 1.97. The molecule has 126 valence electrons. The number of fused-ring (bicyclic) bond motifs is 5. The average molecular weight is 326 g/mol. The average Bonchev–Trinajstić information content (AvgIpc) is 3.22. The van der Waals surface area contributed by atoms with Gasteiger partial charge in [0.15, 0.2) is 0 Å². The Morgan fingerprint density at radius 1 is 1.21 bits per heavy atom. The van der Waals surface area contributed by atoms with E-state index in [1.165, 1.54) is 25.7 Å². The third-order valence-electron chi connectivity index (χ3n) is 5.91. The maximum atomic E-state index is 6.49. The Morgan fingerprint density at radius 3 is 2.83 bits per heavy atom. The van der Waals surface area contributed by atoms with E-state index in [9.17, 15) is 0 Å². The van der Waals surface area contributed by atoms with Crippen LogP contribution in [-0.4, -0.2) is 22.7 Å². The summed E-state index contributed by atoms with van der Waals surface area (Å²) in [5, 5.41) is 0.754. The number of anilines is 2. The molecule has 5 rings (SSSR count). The van der Waals surface area contributed by atoms with Gasteiger partial charge in [0.25, 0.3) is 0 Å². The summed E-state index contributed by atoms with van der Waals surface area (Å²) in [5.74, 6) is 4.02. The number of ether oxygens (including phenoxy) is 2. The molecule has 2 fully saturated rings. The normalized spacial score (nSPS) is 30.5. The lowest BCUT2D eigenvalue weighted by Gasteiger charge is -2.25. The van der Waals surface area contributed by atoms with Crippen molar-refractivity contribution in [2.24, 2.45) is 11.8 Å². The van der Waals surface area contributed by atoms with Gasteiger partial charge in [-0.25, -0.2) is 4.98 Å². The minimum absolute atomic E-state index is 0.178. The third kappa shape index (κ3) is 1.95. The van der Waals surface area contributed by atoms with Crippen LogP contribution >= 0.6 is 0 Å². The van der Waals surface area contributed by atoms with Gasteiger partial charge in [0.2, 0.25) is 5.95 Å². The highest BCUT2D eigenvalue weighted by molar-refractivity contribution is 5.97. The summed E-state index contributed by atoms with van der Waals surface area (Å²) >= 11 is 0. The predicted molar refractivity (Wildman–Crippen MR) is 92.1 cm³/mol. The van der Waals surface area contributed by atoms with Crippen LogP contribution in [0.2, 0.25) is 0 Å². The van der Waals surface area contributed by atoms with Gasteiger partial charge in [0.1, 0.15) is 23.4 Å². The molecular formula is C18H22N4O2. The van der Waals surface area contributed by atoms with E-state index in [2.05, 4.69) is 16.9 Å². The van der Waals surface area contributed by atoms with Gasteiger partial charge in [0, 0.05) is 17.5 Å². The summed E-state index contributed by atoms with van der Waals surface area (Å²) in [5.41, 5.74) is 13.7. The van der Waals surface area contributed by atoms with Crippen molar-refractivity contribution in [1.82, 2.24) is 9.97 Å². The summed E-state index contributed by atoms with van der Waals surface area (Å²) in [6.07, 6.45) is 5.45. The van der Waals surface area contributed by atoms with Crippen molar-refractivity contribution in [3.05, 3.63) is 11.6 Å². The topological polar surface area (TPSA) is 96.3 Å². The van der Waals surface area contributed by atoms with Crippen LogP contribution < -0.4 is 20.9 Å². The molecule has 4 atom stereocenters. The second-order valence-electron chi connectivity index (χ2n) is 7.52. The maximum absolute atomic E-state index is 6.49. The molecule has 0 spiro atoms. The van der Waals surface area contributed by atoms with E-state index < -0.39 is 0 Å². The molecule has 1 aliphatic heterocycles. The number of aromatic nitrogens is 2. The van der Waals surface area contributed by atoms with E-state index in [1.807, 2.05) is 6.07 Å². The number of nitrogens with zero attached hydrogens (tertiary/aromatic N) is 2. The Morgan fingerprint density at radius 2 is 2.08 bits per heavy atom. The predicted octanol–water partition coefficient (Wildman–Crippen LogP) is 2.86. The lowest BCUT2D eigenvalue weighted by atomic mass is 9.96. The zero-order valence-electron chi connectivity index (χ0n) is 13.8. The molecule has 6 heteroatoms. The van der Waals surface area contributed by atoms with Crippen LogP contribution in [-0.2, 0) is 0 Å². The van der Waals surface area contributed by atoms with E-state index in [1.54, 1.807) is 0 Å². The van der Waals surface area contributed by atoms with Crippen molar-refractivity contribution in [3.8, 4) is 11.5 Å². The number of nitrogen functional groups attached to an aromatic ring is 2. The minimum Gasteiger partial charge on any atom is -0.492 e. The zero-order chi connectivity index (χ0) is 16.4. The Balaban J connectivity index is 1.64. The Hall–Kier alpha value is -2.24. The molecule has 4 N–H and O–H groups in total. The van der Waals surface area contributed by atoms with Crippen molar-refractivity contribution < 1.29 is 9.47 Å². The molecule has 2 heterocycles. The highest BCUT2D eigenvalue weighted by Gasteiger charge is 2.42. The first kappa shape index (κ1) is 14.1. The van der Waals surface area contributed by atoms with Crippen LogP contribution in [0.3, 0.4) is 0 Å². The molecule has 24 heavy (non-hydrogen) atoms. The van der Waals surface area contributed by atoms with Crippen molar-refractivity contribution in [1.29, 1.82) is 0 Å². The van der Waals surface area contributed by atoms with Crippen LogP contribution in [0.15, 0.2) is 6.07 Å². The van der Waals surface area contributed by atoms with Crippen LogP contribution in [0.25, 0.3) is 10.9 Å². The number of rotatable bonds is 2. The van der Waals surface area contributed by atoms with E-state index >= 15 is 0 Å². The van der Waals surface area contributed by atoms with Crippen LogP contribution in [0.4, 0.5) is 11.8 Å². The molecule has 1 unspecified atom stereocenters. The number of nitrogens with two attached hydrogens (primary N) is 2. The summed E-state index contributed by atoms with van der Waals surface area (Å²) in [6.45, 7) is 2.78. The van der Waals surface area contributed by atoms with Gasteiger partial charge in [-0.15, -0.1) is 0 Å². The fraction of sp³-hybridized carbons (Fsp3) is 0.556. The Kier molecular flexibility index (Phi) is 2.87. The van der Waals surface area contributed by atoms with Gasteiger partial charge in [-0.05, 0) is 37.5 Å². The minimum atomic E-state index is 0.178. The molecule has 6 nitrogen and oxygen atoms in total. The lowest BCUT2D eigenvalue weighted by Crippen LogP contribution is -2.24.